The summed E-state index contributed by atoms with van der Waals surface area (Å²) < 4.78 is 55.4. The van der Waals surface area contributed by atoms with Gasteiger partial charge in [0.2, 0.25) is 0 Å². The molecule has 6 nitrogen and oxygen atoms in total. The van der Waals surface area contributed by atoms with E-state index in [0.29, 0.717) is 10.8 Å². The molecule has 20 heavy (non-hydrogen) atoms. The minimum atomic E-state index is -4.04. The zero-order valence-corrected chi connectivity index (χ0v) is 14.5. The van der Waals surface area contributed by atoms with Crippen molar-refractivity contribution in [2.45, 2.75) is 41.5 Å². The molecule has 0 aliphatic heterocycles. The Hall–Kier alpha value is -0.440. The van der Waals surface area contributed by atoms with Crippen LogP contribution in [0.1, 0.15) is 41.5 Å². The summed E-state index contributed by atoms with van der Waals surface area (Å²) in [7, 11) is -8.08. The highest BCUT2D eigenvalue weighted by Gasteiger charge is 2.19. The van der Waals surface area contributed by atoms with E-state index in [1.165, 1.54) is 0 Å². The van der Waals surface area contributed by atoms with Gasteiger partial charge in [-0.3, -0.25) is 8.37 Å². The van der Waals surface area contributed by atoms with Crippen LogP contribution in [0.3, 0.4) is 0 Å². The number of rotatable bonds is 6. The van der Waals surface area contributed by atoms with Gasteiger partial charge in [-0.15, -0.1) is 0 Å². The summed E-state index contributed by atoms with van der Waals surface area (Å²) in [6, 6.07) is 0. The molecule has 0 aromatic carbocycles. The van der Waals surface area contributed by atoms with Gasteiger partial charge in [-0.25, -0.2) is 0 Å². The van der Waals surface area contributed by atoms with Gasteiger partial charge in [-0.1, -0.05) is 41.5 Å². The van der Waals surface area contributed by atoms with Crippen molar-refractivity contribution < 1.29 is 25.2 Å². The van der Waals surface area contributed by atoms with Crippen molar-refractivity contribution in [1.82, 2.24) is 0 Å². The maximum absolute atomic E-state index is 11.5. The Morgan fingerprint density at radius 2 is 0.950 bits per heavy atom. The minimum Gasteiger partial charge on any atom is -0.266 e. The van der Waals surface area contributed by atoms with Gasteiger partial charge in [0.1, 0.15) is 0 Å². The van der Waals surface area contributed by atoms with Crippen molar-refractivity contribution >= 4 is 20.2 Å². The van der Waals surface area contributed by atoms with Gasteiger partial charge < -0.3 is 0 Å². The van der Waals surface area contributed by atoms with Gasteiger partial charge in [-0.2, -0.15) is 16.8 Å². The van der Waals surface area contributed by atoms with E-state index in [1.807, 2.05) is 0 Å². The minimum absolute atomic E-state index is 0.0391. The summed E-state index contributed by atoms with van der Waals surface area (Å²) >= 11 is 0. The third-order valence-corrected chi connectivity index (χ3v) is 3.71. The summed E-state index contributed by atoms with van der Waals surface area (Å²) in [4.78, 5) is 0. The molecule has 0 fully saturated rings. The zero-order valence-electron chi connectivity index (χ0n) is 12.8. The fourth-order valence-corrected chi connectivity index (χ4v) is 3.01. The first-order valence-electron chi connectivity index (χ1n) is 6.09. The predicted octanol–water partition coefficient (Wildman–Crippen LogP) is 2.24. The zero-order chi connectivity index (χ0) is 16.2. The molecule has 0 aromatic rings. The molecule has 0 amide bonds. The van der Waals surface area contributed by atoms with Crippen LogP contribution in [0.25, 0.3) is 0 Å². The lowest BCUT2D eigenvalue weighted by atomic mass is 9.99. The van der Waals surface area contributed by atoms with E-state index in [4.69, 9.17) is 8.37 Å². The van der Waals surface area contributed by atoms with Gasteiger partial charge in [-0.05, 0) is 10.8 Å². The maximum atomic E-state index is 11.5. The first-order chi connectivity index (χ1) is 8.62. The van der Waals surface area contributed by atoms with Crippen molar-refractivity contribution in [3.05, 3.63) is 10.8 Å². The largest absolute Gasteiger partial charge is 0.290 e. The molecule has 0 aliphatic carbocycles. The van der Waals surface area contributed by atoms with Crippen LogP contribution in [0.2, 0.25) is 0 Å². The van der Waals surface area contributed by atoms with Crippen molar-refractivity contribution in [2.75, 3.05) is 13.2 Å². The lowest BCUT2D eigenvalue weighted by molar-refractivity contribution is 0.205. The van der Waals surface area contributed by atoms with Crippen LogP contribution in [-0.4, -0.2) is 30.0 Å². The Bertz CT molecular complexity index is 479. The maximum Gasteiger partial charge on any atom is 0.290 e. The van der Waals surface area contributed by atoms with E-state index in [9.17, 15) is 16.8 Å². The third kappa shape index (κ3) is 11.4. The molecule has 0 saturated carbocycles. The molecule has 0 rings (SSSR count). The van der Waals surface area contributed by atoms with E-state index in [0.717, 1.165) is 0 Å². The standard InChI is InChI=1S/C12H24O6S2/c1-11(2,3)9-17-19(13,14)7-8-20(15,16)18-10-12(4,5)6/h7-8H,9-10H2,1-6H3/b8-7+. The third-order valence-electron chi connectivity index (χ3n) is 1.70. The molecule has 8 heteroatoms. The van der Waals surface area contributed by atoms with E-state index < -0.39 is 20.2 Å². The second kappa shape index (κ2) is 6.55. The second-order valence-electron chi connectivity index (χ2n) is 6.90. The molecular formula is C12H24O6S2. The van der Waals surface area contributed by atoms with Crippen molar-refractivity contribution in [3.8, 4) is 0 Å². The second-order valence-corrected chi connectivity index (χ2v) is 9.89. The summed E-state index contributed by atoms with van der Waals surface area (Å²) in [6.07, 6.45) is 0. The molecule has 0 atom stereocenters. The molecule has 0 saturated heterocycles. The fraction of sp³-hybridized carbons (Fsp3) is 0.833. The molecule has 120 valence electrons. The van der Waals surface area contributed by atoms with Crippen LogP contribution in [0.5, 0.6) is 0 Å². The topological polar surface area (TPSA) is 86.7 Å². The summed E-state index contributed by atoms with van der Waals surface area (Å²) in [5.74, 6) is 0. The molecule has 0 heterocycles. The smallest absolute Gasteiger partial charge is 0.266 e. The Morgan fingerprint density at radius 1 is 0.700 bits per heavy atom. The SMILES string of the molecule is CC(C)(C)COS(=O)(=O)/C=C/S(=O)(=O)OCC(C)(C)C. The predicted molar refractivity (Wildman–Crippen MR) is 77.8 cm³/mol. The fourth-order valence-electron chi connectivity index (χ4n) is 0.732. The lowest BCUT2D eigenvalue weighted by Gasteiger charge is -2.17. The van der Waals surface area contributed by atoms with Crippen LogP contribution < -0.4 is 0 Å². The van der Waals surface area contributed by atoms with E-state index in [-0.39, 0.29) is 24.0 Å². The van der Waals surface area contributed by atoms with Gasteiger partial charge in [0.15, 0.2) is 0 Å². The Labute approximate surface area is 122 Å². The summed E-state index contributed by atoms with van der Waals surface area (Å²) in [5, 5.41) is 0.994. The number of hydrogen-bond acceptors (Lipinski definition) is 6. The van der Waals surface area contributed by atoms with Crippen molar-refractivity contribution in [2.24, 2.45) is 10.8 Å². The molecule has 0 spiro atoms. The Kier molecular flexibility index (Phi) is 6.41. The highest BCUT2D eigenvalue weighted by Crippen LogP contribution is 2.17. The molecule has 0 bridgehead atoms. The van der Waals surface area contributed by atoms with Crippen LogP contribution in [0.4, 0.5) is 0 Å². The highest BCUT2D eigenvalue weighted by molar-refractivity contribution is 7.93. The van der Waals surface area contributed by atoms with Gasteiger partial charge in [0.05, 0.1) is 24.0 Å². The van der Waals surface area contributed by atoms with E-state index in [1.54, 1.807) is 41.5 Å². The lowest BCUT2D eigenvalue weighted by Crippen LogP contribution is -2.19. The normalized spacial score (nSPS) is 14.9. The molecular weight excluding hydrogens is 304 g/mol. The average Bonchev–Trinajstić information content (AvgIpc) is 2.20. The molecule has 0 N–H and O–H groups in total. The average molecular weight is 328 g/mol. The van der Waals surface area contributed by atoms with Crippen molar-refractivity contribution in [1.29, 1.82) is 0 Å². The Balaban J connectivity index is 4.68. The summed E-state index contributed by atoms with van der Waals surface area (Å²) in [5.41, 5.74) is -0.689. The van der Waals surface area contributed by atoms with Gasteiger partial charge in [0, 0.05) is 0 Å². The van der Waals surface area contributed by atoms with Crippen molar-refractivity contribution in [3.63, 3.8) is 0 Å². The van der Waals surface area contributed by atoms with E-state index >= 15 is 0 Å². The first-order valence-corrected chi connectivity index (χ1v) is 9.03. The molecule has 0 aliphatic rings. The quantitative estimate of drug-likeness (QED) is 0.695. The van der Waals surface area contributed by atoms with Crippen LogP contribution in [0, 0.1) is 10.8 Å². The molecule has 0 aromatic heterocycles. The summed E-state index contributed by atoms with van der Waals surface area (Å²) in [6.45, 7) is 10.7. The van der Waals surface area contributed by atoms with Gasteiger partial charge in [0.25, 0.3) is 20.2 Å². The van der Waals surface area contributed by atoms with Crippen LogP contribution in [0.15, 0.2) is 10.8 Å². The van der Waals surface area contributed by atoms with Crippen LogP contribution >= 0.6 is 0 Å². The highest BCUT2D eigenvalue weighted by atomic mass is 32.2. The Morgan fingerprint density at radius 3 is 1.15 bits per heavy atom. The van der Waals surface area contributed by atoms with Gasteiger partial charge >= 0.3 is 0 Å². The first kappa shape index (κ1) is 19.6. The number of hydrogen-bond donors (Lipinski definition) is 0. The van der Waals surface area contributed by atoms with Crippen LogP contribution in [-0.2, 0) is 28.6 Å². The molecule has 0 unspecified atom stereocenters. The van der Waals surface area contributed by atoms with E-state index in [2.05, 4.69) is 0 Å². The monoisotopic (exact) mass is 328 g/mol. The molecule has 0 radical (unpaired) electrons.